The number of hydrogen-bond donors (Lipinski definition) is 0. The Morgan fingerprint density at radius 1 is 0.615 bits per heavy atom. The molecule has 0 unspecified atom stereocenters. The summed E-state index contributed by atoms with van der Waals surface area (Å²) >= 11 is 0. The fourth-order valence-electron chi connectivity index (χ4n) is 5.98. The van der Waals surface area contributed by atoms with Gasteiger partial charge in [0, 0.05) is 11.8 Å². The lowest BCUT2D eigenvalue weighted by atomic mass is 9.74. The van der Waals surface area contributed by atoms with Crippen LogP contribution >= 0.6 is 0 Å². The van der Waals surface area contributed by atoms with Crippen molar-refractivity contribution in [2.24, 2.45) is 0 Å². The van der Waals surface area contributed by atoms with Crippen molar-refractivity contribution < 1.29 is 0 Å². The molecule has 0 saturated carbocycles. The van der Waals surface area contributed by atoms with Crippen LogP contribution in [-0.2, 0) is 12.8 Å². The molecule has 26 heavy (non-hydrogen) atoms. The summed E-state index contributed by atoms with van der Waals surface area (Å²) in [5.41, 5.74) is 9.56. The van der Waals surface area contributed by atoms with Crippen molar-refractivity contribution in [1.29, 1.82) is 0 Å². The smallest absolute Gasteiger partial charge is 0.0510 e. The first-order valence-corrected chi connectivity index (χ1v) is 11.3. The molecular weight excluding hydrogens is 314 g/mol. The maximum Gasteiger partial charge on any atom is 0.0510 e. The van der Waals surface area contributed by atoms with E-state index in [0.29, 0.717) is 11.8 Å². The average molecular weight is 348 g/mol. The number of aryl methyl sites for hydroxylation is 2. The lowest BCUT2D eigenvalue weighted by molar-refractivity contribution is 0.521. The largest absolute Gasteiger partial charge is 0.256 e. The van der Waals surface area contributed by atoms with E-state index in [4.69, 9.17) is 4.98 Å². The van der Waals surface area contributed by atoms with Crippen LogP contribution in [0, 0.1) is 0 Å². The quantitative estimate of drug-likeness (QED) is 0.529. The number of fused-ring (bicyclic) bond motifs is 2. The van der Waals surface area contributed by atoms with E-state index in [1.807, 2.05) is 0 Å². The Morgan fingerprint density at radius 2 is 1.15 bits per heavy atom. The van der Waals surface area contributed by atoms with E-state index in [2.05, 4.69) is 18.2 Å². The molecule has 0 radical (unpaired) electrons. The second-order valence-corrected chi connectivity index (χ2v) is 9.02. The molecule has 4 aliphatic rings. The van der Waals surface area contributed by atoms with E-state index < -0.39 is 0 Å². The number of hydrogen-bond acceptors (Lipinski definition) is 1. The van der Waals surface area contributed by atoms with Crippen molar-refractivity contribution >= 4 is 0 Å². The molecule has 1 heterocycles. The highest BCUT2D eigenvalue weighted by Crippen LogP contribution is 2.44. The monoisotopic (exact) mass is 347 g/mol. The van der Waals surface area contributed by atoms with Crippen LogP contribution in [0.2, 0.25) is 0 Å². The van der Waals surface area contributed by atoms with Crippen molar-refractivity contribution in [3.63, 3.8) is 0 Å². The van der Waals surface area contributed by atoms with E-state index in [1.165, 1.54) is 101 Å². The standard InChI is InChI=1S/C25H33N/c1-3-9-18(10-4-1)22-15-7-13-20-17-21-14-8-16-23(25(21)26-24(20)22)19-11-5-2-6-12-19/h9,11,17,22-23H,1-8,10,12-16H2/t22-,23-/m0/s1. The Balaban J connectivity index is 1.55. The van der Waals surface area contributed by atoms with Crippen LogP contribution in [0.3, 0.4) is 0 Å². The van der Waals surface area contributed by atoms with Gasteiger partial charge in [0.2, 0.25) is 0 Å². The number of aromatic nitrogens is 1. The maximum atomic E-state index is 5.49. The van der Waals surface area contributed by atoms with Crippen molar-refractivity contribution in [2.75, 3.05) is 0 Å². The molecule has 5 rings (SSSR count). The zero-order chi connectivity index (χ0) is 17.3. The van der Waals surface area contributed by atoms with Crippen molar-refractivity contribution in [1.82, 2.24) is 4.98 Å². The van der Waals surface area contributed by atoms with Gasteiger partial charge >= 0.3 is 0 Å². The topological polar surface area (TPSA) is 12.9 Å². The Labute approximate surface area is 159 Å². The number of pyridine rings is 1. The Bertz CT molecular complexity index is 680. The third-order valence-corrected chi connectivity index (χ3v) is 7.33. The zero-order valence-electron chi connectivity index (χ0n) is 16.2. The first-order valence-electron chi connectivity index (χ1n) is 11.3. The Morgan fingerprint density at radius 3 is 1.62 bits per heavy atom. The summed E-state index contributed by atoms with van der Waals surface area (Å²) in [5.74, 6) is 1.26. The van der Waals surface area contributed by atoms with Gasteiger partial charge in [0.05, 0.1) is 11.4 Å². The molecule has 0 aliphatic heterocycles. The van der Waals surface area contributed by atoms with Crippen LogP contribution in [0.25, 0.3) is 0 Å². The minimum atomic E-state index is 0.632. The van der Waals surface area contributed by atoms with Crippen molar-refractivity contribution in [3.05, 3.63) is 51.9 Å². The molecule has 0 bridgehead atoms. The van der Waals surface area contributed by atoms with Gasteiger partial charge in [0.1, 0.15) is 0 Å². The lowest BCUT2D eigenvalue weighted by Gasteiger charge is -2.33. The molecule has 0 amide bonds. The van der Waals surface area contributed by atoms with Gasteiger partial charge < -0.3 is 0 Å². The SMILES string of the molecule is C1=C([C@@H]2CCCc3cc4c(nc32)[C@H](C2=CCCCC2)CCC4)CCCC1. The number of allylic oxidation sites excluding steroid dienone is 4. The molecule has 0 saturated heterocycles. The van der Waals surface area contributed by atoms with Gasteiger partial charge in [0.25, 0.3) is 0 Å². The number of rotatable bonds is 2. The van der Waals surface area contributed by atoms with Crippen LogP contribution < -0.4 is 0 Å². The summed E-state index contributed by atoms with van der Waals surface area (Å²) in [6, 6.07) is 2.59. The summed E-state index contributed by atoms with van der Waals surface area (Å²) in [4.78, 5) is 5.49. The molecule has 0 N–H and O–H groups in total. The fraction of sp³-hybridized carbons (Fsp3) is 0.640. The predicted molar refractivity (Wildman–Crippen MR) is 109 cm³/mol. The molecule has 1 aromatic rings. The van der Waals surface area contributed by atoms with Crippen LogP contribution in [0.5, 0.6) is 0 Å². The van der Waals surface area contributed by atoms with Crippen molar-refractivity contribution in [2.45, 2.75) is 102 Å². The second-order valence-electron chi connectivity index (χ2n) is 9.02. The van der Waals surface area contributed by atoms with Gasteiger partial charge in [0.15, 0.2) is 0 Å². The fourth-order valence-corrected chi connectivity index (χ4v) is 5.98. The van der Waals surface area contributed by atoms with Gasteiger partial charge in [-0.3, -0.25) is 4.98 Å². The number of nitrogens with zero attached hydrogens (tertiary/aromatic N) is 1. The lowest BCUT2D eigenvalue weighted by Crippen LogP contribution is -2.21. The summed E-state index contributed by atoms with van der Waals surface area (Å²) in [6.45, 7) is 0. The van der Waals surface area contributed by atoms with Gasteiger partial charge in [-0.2, -0.15) is 0 Å². The highest BCUT2D eigenvalue weighted by atomic mass is 14.8. The molecule has 4 aliphatic carbocycles. The van der Waals surface area contributed by atoms with E-state index in [1.54, 1.807) is 22.3 Å². The van der Waals surface area contributed by atoms with Gasteiger partial charge in [-0.15, -0.1) is 0 Å². The van der Waals surface area contributed by atoms with Crippen molar-refractivity contribution in [3.8, 4) is 0 Å². The molecule has 1 heteroatoms. The summed E-state index contributed by atoms with van der Waals surface area (Å²) in [6.07, 6.45) is 23.8. The highest BCUT2D eigenvalue weighted by molar-refractivity contribution is 5.42. The average Bonchev–Trinajstić information content (AvgIpc) is 2.72. The summed E-state index contributed by atoms with van der Waals surface area (Å²) < 4.78 is 0. The van der Waals surface area contributed by atoms with Crippen LogP contribution in [0.15, 0.2) is 29.4 Å². The molecule has 1 aromatic heterocycles. The van der Waals surface area contributed by atoms with E-state index in [0.717, 1.165) is 0 Å². The summed E-state index contributed by atoms with van der Waals surface area (Å²) in [5, 5.41) is 0. The molecule has 2 atom stereocenters. The highest BCUT2D eigenvalue weighted by Gasteiger charge is 2.31. The maximum absolute atomic E-state index is 5.49. The first kappa shape index (κ1) is 16.8. The molecule has 138 valence electrons. The normalized spacial score (nSPS) is 28.6. The third-order valence-electron chi connectivity index (χ3n) is 7.33. The minimum absolute atomic E-state index is 0.632. The van der Waals surface area contributed by atoms with E-state index in [9.17, 15) is 0 Å². The molecule has 1 nitrogen and oxygen atoms in total. The van der Waals surface area contributed by atoms with Crippen LogP contribution in [-0.4, -0.2) is 4.98 Å². The van der Waals surface area contributed by atoms with Crippen LogP contribution in [0.1, 0.15) is 111 Å². The van der Waals surface area contributed by atoms with Gasteiger partial charge in [-0.05, 0) is 101 Å². The molecule has 0 fully saturated rings. The third kappa shape index (κ3) is 3.08. The van der Waals surface area contributed by atoms with Gasteiger partial charge in [-0.25, -0.2) is 0 Å². The molecule has 0 aromatic carbocycles. The first-order chi connectivity index (χ1) is 12.9. The van der Waals surface area contributed by atoms with E-state index in [-0.39, 0.29) is 0 Å². The van der Waals surface area contributed by atoms with E-state index >= 15 is 0 Å². The Kier molecular flexibility index (Phi) is 4.73. The zero-order valence-corrected chi connectivity index (χ0v) is 16.2. The molecular formula is C25H33N. The second kappa shape index (κ2) is 7.33. The Hall–Kier alpha value is -1.37. The molecule has 0 spiro atoms. The van der Waals surface area contributed by atoms with Crippen LogP contribution in [0.4, 0.5) is 0 Å². The summed E-state index contributed by atoms with van der Waals surface area (Å²) in [7, 11) is 0. The van der Waals surface area contributed by atoms with Gasteiger partial charge in [-0.1, -0.05) is 29.4 Å². The minimum Gasteiger partial charge on any atom is -0.256 e. The predicted octanol–water partition coefficient (Wildman–Crippen LogP) is 6.92.